The molecule has 0 unspecified atom stereocenters. The lowest BCUT2D eigenvalue weighted by Crippen LogP contribution is -2.41. The lowest BCUT2D eigenvalue weighted by atomic mass is 9.97. The monoisotopic (exact) mass is 422 g/mol. The summed E-state index contributed by atoms with van der Waals surface area (Å²) in [7, 11) is -0.557. The number of methoxy groups -OCH3 is 2. The fourth-order valence-electron chi connectivity index (χ4n) is 3.26. The van der Waals surface area contributed by atoms with Gasteiger partial charge in [-0.25, -0.2) is 13.4 Å². The van der Waals surface area contributed by atoms with Crippen LogP contribution in [0.2, 0.25) is 0 Å². The first kappa shape index (κ1) is 21.1. The molecular weight excluding hydrogens is 396 g/mol. The van der Waals surface area contributed by atoms with E-state index in [2.05, 4.69) is 10.3 Å². The van der Waals surface area contributed by atoms with Gasteiger partial charge in [0.1, 0.15) is 11.5 Å². The summed E-state index contributed by atoms with van der Waals surface area (Å²) in [5, 5.41) is 2.92. The second kappa shape index (κ2) is 8.83. The number of imidazole rings is 1. The van der Waals surface area contributed by atoms with Gasteiger partial charge >= 0.3 is 0 Å². The molecule has 1 N–H and O–H groups in total. The first-order chi connectivity index (χ1) is 13.9. The van der Waals surface area contributed by atoms with Crippen molar-refractivity contribution >= 4 is 21.6 Å². The summed E-state index contributed by atoms with van der Waals surface area (Å²) >= 11 is 0. The van der Waals surface area contributed by atoms with Crippen molar-refractivity contribution in [2.75, 3.05) is 32.6 Å². The molecular formula is C19H26N4O5S. The summed E-state index contributed by atoms with van der Waals surface area (Å²) < 4.78 is 39.0. The molecule has 0 spiro atoms. The highest BCUT2D eigenvalue weighted by atomic mass is 32.2. The number of ether oxygens (including phenoxy) is 2. The van der Waals surface area contributed by atoms with Gasteiger partial charge in [-0.15, -0.1) is 0 Å². The van der Waals surface area contributed by atoms with Crippen LogP contribution < -0.4 is 14.8 Å². The predicted molar refractivity (Wildman–Crippen MR) is 108 cm³/mol. The Hall–Kier alpha value is -2.59. The molecule has 158 valence electrons. The van der Waals surface area contributed by atoms with Crippen molar-refractivity contribution in [2.45, 2.75) is 31.3 Å². The Morgan fingerprint density at radius 2 is 1.79 bits per heavy atom. The predicted octanol–water partition coefficient (Wildman–Crippen LogP) is 1.96. The number of nitrogens with one attached hydrogen (secondary N) is 1. The number of aromatic nitrogens is 2. The fraction of sp³-hybridized carbons (Fsp3) is 0.474. The molecule has 0 aliphatic carbocycles. The molecule has 1 fully saturated rings. The van der Waals surface area contributed by atoms with Crippen molar-refractivity contribution in [3.63, 3.8) is 0 Å². The van der Waals surface area contributed by atoms with E-state index in [1.54, 1.807) is 37.0 Å². The Morgan fingerprint density at radius 3 is 2.31 bits per heavy atom. The van der Waals surface area contributed by atoms with Crippen molar-refractivity contribution in [1.29, 1.82) is 0 Å². The highest BCUT2D eigenvalue weighted by molar-refractivity contribution is 7.89. The molecule has 29 heavy (non-hydrogen) atoms. The third-order valence-corrected chi connectivity index (χ3v) is 6.81. The van der Waals surface area contributed by atoms with E-state index in [1.807, 2.05) is 6.92 Å². The van der Waals surface area contributed by atoms with E-state index < -0.39 is 10.0 Å². The lowest BCUT2D eigenvalue weighted by Gasteiger charge is -2.30. The summed E-state index contributed by atoms with van der Waals surface area (Å²) in [6, 6.07) is 5.15. The minimum atomic E-state index is -3.64. The van der Waals surface area contributed by atoms with Crippen LogP contribution in [0.3, 0.4) is 0 Å². The number of aryl methyl sites for hydroxylation is 1. The van der Waals surface area contributed by atoms with Crippen molar-refractivity contribution in [1.82, 2.24) is 13.9 Å². The minimum Gasteiger partial charge on any atom is -0.497 e. The molecule has 1 aromatic carbocycles. The highest BCUT2D eigenvalue weighted by Gasteiger charge is 2.33. The van der Waals surface area contributed by atoms with Crippen LogP contribution in [-0.2, 0) is 21.4 Å². The lowest BCUT2D eigenvalue weighted by molar-refractivity contribution is -0.120. The van der Waals surface area contributed by atoms with E-state index in [1.165, 1.54) is 16.8 Å². The Kier molecular flexibility index (Phi) is 6.43. The number of nitrogens with zero attached hydrogens (tertiary/aromatic N) is 3. The van der Waals surface area contributed by atoms with E-state index in [0.717, 1.165) is 0 Å². The van der Waals surface area contributed by atoms with Crippen LogP contribution in [0.15, 0.2) is 35.7 Å². The number of carbonyl (C=O) groups excluding carboxylic acids is 1. The average molecular weight is 423 g/mol. The highest BCUT2D eigenvalue weighted by Crippen LogP contribution is 2.28. The molecule has 1 saturated heterocycles. The molecule has 0 saturated carbocycles. The third-order valence-electron chi connectivity index (χ3n) is 5.02. The van der Waals surface area contributed by atoms with Gasteiger partial charge in [0.25, 0.3) is 10.0 Å². The van der Waals surface area contributed by atoms with Gasteiger partial charge in [0.15, 0.2) is 5.03 Å². The van der Waals surface area contributed by atoms with E-state index in [4.69, 9.17) is 9.47 Å². The molecule has 1 aliphatic heterocycles. The fourth-order valence-corrected chi connectivity index (χ4v) is 4.67. The van der Waals surface area contributed by atoms with Gasteiger partial charge in [-0.2, -0.15) is 4.31 Å². The Morgan fingerprint density at radius 1 is 1.17 bits per heavy atom. The van der Waals surface area contributed by atoms with Crippen molar-refractivity contribution in [3.05, 3.63) is 30.7 Å². The van der Waals surface area contributed by atoms with E-state index in [0.29, 0.717) is 36.6 Å². The zero-order chi connectivity index (χ0) is 21.0. The number of piperidine rings is 1. The largest absolute Gasteiger partial charge is 0.497 e. The molecule has 3 rings (SSSR count). The van der Waals surface area contributed by atoms with Crippen molar-refractivity contribution in [3.8, 4) is 11.5 Å². The Labute approximate surface area is 170 Å². The molecule has 1 amide bonds. The van der Waals surface area contributed by atoms with E-state index in [-0.39, 0.29) is 29.9 Å². The van der Waals surface area contributed by atoms with Crippen molar-refractivity contribution < 1.29 is 22.7 Å². The number of benzene rings is 1. The molecule has 2 aromatic rings. The zero-order valence-corrected chi connectivity index (χ0v) is 17.6. The number of rotatable bonds is 7. The first-order valence-corrected chi connectivity index (χ1v) is 10.9. The van der Waals surface area contributed by atoms with Crippen molar-refractivity contribution in [2.24, 2.45) is 5.92 Å². The normalized spacial score (nSPS) is 15.8. The van der Waals surface area contributed by atoms with Crippen LogP contribution in [0.25, 0.3) is 0 Å². The SMILES string of the molecule is CCn1cnc(S(=O)(=O)N2CCC(C(=O)Nc3cc(OC)cc(OC)c3)CC2)c1. The minimum absolute atomic E-state index is 0.0470. The van der Waals surface area contributed by atoms with E-state index in [9.17, 15) is 13.2 Å². The maximum absolute atomic E-state index is 12.7. The quantitative estimate of drug-likeness (QED) is 0.732. The second-order valence-electron chi connectivity index (χ2n) is 6.81. The van der Waals surface area contributed by atoms with Gasteiger partial charge < -0.3 is 19.4 Å². The number of amides is 1. The molecule has 0 bridgehead atoms. The smallest absolute Gasteiger partial charge is 0.262 e. The molecule has 9 nitrogen and oxygen atoms in total. The molecule has 10 heteroatoms. The van der Waals surface area contributed by atoms with Crippen LogP contribution >= 0.6 is 0 Å². The van der Waals surface area contributed by atoms with Crippen LogP contribution in [0.4, 0.5) is 5.69 Å². The summed E-state index contributed by atoms with van der Waals surface area (Å²) in [4.78, 5) is 16.7. The summed E-state index contributed by atoms with van der Waals surface area (Å²) in [5.74, 6) is 0.735. The van der Waals surface area contributed by atoms with Crippen LogP contribution in [-0.4, -0.2) is 55.5 Å². The number of sulfonamides is 1. The standard InChI is InChI=1S/C19H26N4O5S/c1-4-22-12-18(20-13-22)29(25,26)23-7-5-14(6-8-23)19(24)21-15-9-16(27-2)11-17(10-15)28-3/h9-14H,4-8H2,1-3H3,(H,21,24). The van der Waals surface area contributed by atoms with Gasteiger partial charge in [0.05, 0.1) is 20.5 Å². The van der Waals surface area contributed by atoms with Gasteiger partial charge in [-0.1, -0.05) is 0 Å². The second-order valence-corrected chi connectivity index (χ2v) is 8.70. The van der Waals surface area contributed by atoms with Gasteiger partial charge in [0, 0.05) is 55.6 Å². The summed E-state index contributed by atoms with van der Waals surface area (Å²) in [6.45, 7) is 3.13. The molecule has 1 aliphatic rings. The average Bonchev–Trinajstić information content (AvgIpc) is 3.23. The summed E-state index contributed by atoms with van der Waals surface area (Å²) in [6.07, 6.45) is 3.93. The van der Waals surface area contributed by atoms with Gasteiger partial charge in [-0.05, 0) is 19.8 Å². The van der Waals surface area contributed by atoms with Crippen LogP contribution in [0.1, 0.15) is 19.8 Å². The Bertz CT molecular complexity index is 942. The molecule has 2 heterocycles. The number of hydrogen-bond donors (Lipinski definition) is 1. The van der Waals surface area contributed by atoms with Gasteiger partial charge in [0.2, 0.25) is 5.91 Å². The Balaban J connectivity index is 1.62. The molecule has 0 atom stereocenters. The van der Waals surface area contributed by atoms with Gasteiger partial charge in [-0.3, -0.25) is 4.79 Å². The third kappa shape index (κ3) is 4.70. The molecule has 1 aromatic heterocycles. The number of anilines is 1. The van der Waals surface area contributed by atoms with Crippen LogP contribution in [0, 0.1) is 5.92 Å². The first-order valence-electron chi connectivity index (χ1n) is 9.43. The maximum Gasteiger partial charge on any atom is 0.262 e. The van der Waals surface area contributed by atoms with Crippen LogP contribution in [0.5, 0.6) is 11.5 Å². The number of carbonyl (C=O) groups is 1. The maximum atomic E-state index is 12.7. The number of hydrogen-bond acceptors (Lipinski definition) is 6. The summed E-state index contributed by atoms with van der Waals surface area (Å²) in [5.41, 5.74) is 0.575. The van der Waals surface area contributed by atoms with E-state index >= 15 is 0 Å². The zero-order valence-electron chi connectivity index (χ0n) is 16.8. The molecule has 0 radical (unpaired) electrons. The topological polar surface area (TPSA) is 103 Å².